The van der Waals surface area contributed by atoms with Crippen LogP contribution in [0.5, 0.6) is 0 Å². The van der Waals surface area contributed by atoms with E-state index in [9.17, 15) is 22.5 Å². The molecule has 0 saturated heterocycles. The third-order valence-electron chi connectivity index (χ3n) is 4.55. The van der Waals surface area contributed by atoms with Gasteiger partial charge in [0.1, 0.15) is 23.6 Å². The van der Waals surface area contributed by atoms with Crippen LogP contribution >= 0.6 is 0 Å². The normalized spacial score (nSPS) is 19.5. The molecule has 2 atom stereocenters. The molecule has 0 aliphatic carbocycles. The van der Waals surface area contributed by atoms with Crippen LogP contribution in [0.25, 0.3) is 0 Å². The number of carbonyl (C=O) groups is 1. The molecular formula is C18H17F3N4O2S. The molecule has 2 N–H and O–H groups in total. The number of nitriles is 1. The lowest BCUT2D eigenvalue weighted by Crippen LogP contribution is -2.45. The molecule has 148 valence electrons. The predicted octanol–water partition coefficient (Wildman–Crippen LogP) is 2.87. The minimum Gasteiger partial charge on any atom is -0.593 e. The standard InChI is InChI=1S/C18H17F3N4O2S/c1-18(20,21)15-6-4-12-14(28(27)24-15)9-25(2)16(12)17(26)23-11-3-5-13(19)10(7-11)8-22/h3,5,7,9,15,24H,4,6H2,1-2H3,(H,23,26). The Labute approximate surface area is 162 Å². The van der Waals surface area contributed by atoms with Crippen molar-refractivity contribution >= 4 is 23.0 Å². The summed E-state index contributed by atoms with van der Waals surface area (Å²) in [7, 11) is 1.58. The van der Waals surface area contributed by atoms with Gasteiger partial charge < -0.3 is 14.4 Å². The van der Waals surface area contributed by atoms with Crippen LogP contribution in [0.3, 0.4) is 0 Å². The summed E-state index contributed by atoms with van der Waals surface area (Å²) in [5.74, 6) is -4.34. The number of fused-ring (bicyclic) bond motifs is 1. The lowest BCUT2D eigenvalue weighted by Gasteiger charge is -2.22. The average molecular weight is 410 g/mol. The summed E-state index contributed by atoms with van der Waals surface area (Å²) >= 11 is -1.89. The largest absolute Gasteiger partial charge is 0.593 e. The number of hydrogen-bond donors (Lipinski definition) is 2. The number of aromatic nitrogens is 1. The zero-order valence-corrected chi connectivity index (χ0v) is 15.9. The third kappa shape index (κ3) is 3.87. The Morgan fingerprint density at radius 2 is 2.21 bits per heavy atom. The van der Waals surface area contributed by atoms with Gasteiger partial charge in [-0.1, -0.05) is 0 Å². The van der Waals surface area contributed by atoms with Gasteiger partial charge in [0.25, 0.3) is 11.8 Å². The van der Waals surface area contributed by atoms with Gasteiger partial charge in [0.2, 0.25) is 0 Å². The molecule has 1 aromatic heterocycles. The maximum absolute atomic E-state index is 13.7. The number of alkyl halides is 2. The Kier molecular flexibility index (Phi) is 5.43. The minimum atomic E-state index is -3.06. The van der Waals surface area contributed by atoms with Gasteiger partial charge in [-0.2, -0.15) is 5.26 Å². The molecule has 1 aromatic carbocycles. The van der Waals surface area contributed by atoms with Crippen LogP contribution in [-0.4, -0.2) is 27.0 Å². The van der Waals surface area contributed by atoms with E-state index in [1.807, 2.05) is 0 Å². The molecule has 2 aromatic rings. The van der Waals surface area contributed by atoms with Crippen molar-refractivity contribution in [2.45, 2.75) is 36.6 Å². The highest BCUT2D eigenvalue weighted by atomic mass is 32.2. The molecule has 0 radical (unpaired) electrons. The summed E-state index contributed by atoms with van der Waals surface area (Å²) in [4.78, 5) is 13.0. The Hall–Kier alpha value is -2.48. The molecule has 0 bridgehead atoms. The van der Waals surface area contributed by atoms with Gasteiger partial charge in [-0.3, -0.25) is 4.79 Å². The van der Waals surface area contributed by atoms with E-state index in [0.717, 1.165) is 13.0 Å². The smallest absolute Gasteiger partial charge is 0.272 e. The molecule has 0 spiro atoms. The fraction of sp³-hybridized carbons (Fsp3) is 0.333. The summed E-state index contributed by atoms with van der Waals surface area (Å²) in [6, 6.07) is 3.97. The van der Waals surface area contributed by atoms with Crippen molar-refractivity contribution in [2.75, 3.05) is 5.32 Å². The van der Waals surface area contributed by atoms with Gasteiger partial charge in [-0.05, 0) is 31.0 Å². The molecule has 2 unspecified atom stereocenters. The van der Waals surface area contributed by atoms with Crippen molar-refractivity contribution in [1.29, 1.82) is 5.26 Å². The van der Waals surface area contributed by atoms with Crippen molar-refractivity contribution in [1.82, 2.24) is 9.29 Å². The van der Waals surface area contributed by atoms with Crippen LogP contribution in [0, 0.1) is 17.1 Å². The zero-order chi connectivity index (χ0) is 20.6. The van der Waals surface area contributed by atoms with Crippen molar-refractivity contribution in [3.8, 4) is 6.07 Å². The summed E-state index contributed by atoms with van der Waals surface area (Å²) in [5.41, 5.74) is 0.582. The number of rotatable bonds is 3. The SMILES string of the molecule is Cn1cc2c(c1C(=O)Nc1ccc(F)c(C#N)c1)CCC(C(C)(F)F)N[S+]2[O-]. The topological polar surface area (TPSA) is 92.9 Å². The number of halogens is 3. The van der Waals surface area contributed by atoms with Crippen LogP contribution < -0.4 is 10.0 Å². The lowest BCUT2D eigenvalue weighted by atomic mass is 10.0. The first kappa shape index (κ1) is 20.3. The fourth-order valence-electron chi connectivity index (χ4n) is 3.12. The number of carbonyl (C=O) groups excluding carboxylic acids is 1. The molecule has 6 nitrogen and oxygen atoms in total. The quantitative estimate of drug-likeness (QED) is 0.761. The Bertz CT molecular complexity index is 965. The van der Waals surface area contributed by atoms with Crippen LogP contribution in [0.4, 0.5) is 18.9 Å². The molecular weight excluding hydrogens is 393 g/mol. The Morgan fingerprint density at radius 1 is 1.50 bits per heavy atom. The highest BCUT2D eigenvalue weighted by molar-refractivity contribution is 7.89. The van der Waals surface area contributed by atoms with E-state index in [2.05, 4.69) is 10.0 Å². The molecule has 1 aliphatic heterocycles. The molecule has 1 aliphatic rings. The zero-order valence-electron chi connectivity index (χ0n) is 15.1. The molecule has 1 amide bonds. The van der Waals surface area contributed by atoms with E-state index >= 15 is 0 Å². The van der Waals surface area contributed by atoms with Crippen LogP contribution in [0.15, 0.2) is 29.3 Å². The number of amides is 1. The summed E-state index contributed by atoms with van der Waals surface area (Å²) in [6.07, 6.45) is 1.61. The van der Waals surface area contributed by atoms with Crippen molar-refractivity contribution < 1.29 is 22.5 Å². The van der Waals surface area contributed by atoms with E-state index in [-0.39, 0.29) is 34.7 Å². The van der Waals surface area contributed by atoms with Gasteiger partial charge >= 0.3 is 0 Å². The molecule has 0 fully saturated rings. The summed E-state index contributed by atoms with van der Waals surface area (Å²) in [5, 5.41) is 11.5. The molecule has 10 heteroatoms. The van der Waals surface area contributed by atoms with E-state index in [1.54, 1.807) is 13.1 Å². The minimum absolute atomic E-state index is 0.00165. The lowest BCUT2D eigenvalue weighted by molar-refractivity contribution is -0.0130. The van der Waals surface area contributed by atoms with E-state index in [1.165, 1.54) is 22.9 Å². The predicted molar refractivity (Wildman–Crippen MR) is 96.8 cm³/mol. The van der Waals surface area contributed by atoms with Crippen LogP contribution in [0.2, 0.25) is 0 Å². The van der Waals surface area contributed by atoms with Gasteiger partial charge in [-0.25, -0.2) is 13.2 Å². The van der Waals surface area contributed by atoms with E-state index in [4.69, 9.17) is 5.26 Å². The number of nitrogens with zero attached hydrogens (tertiary/aromatic N) is 2. The number of hydrogen-bond acceptors (Lipinski definition) is 4. The van der Waals surface area contributed by atoms with Gasteiger partial charge in [-0.15, -0.1) is 4.72 Å². The maximum atomic E-state index is 13.7. The van der Waals surface area contributed by atoms with Gasteiger partial charge in [0.15, 0.2) is 4.90 Å². The molecule has 0 saturated carbocycles. The third-order valence-corrected chi connectivity index (χ3v) is 5.80. The average Bonchev–Trinajstić information content (AvgIpc) is 2.86. The van der Waals surface area contributed by atoms with Crippen molar-refractivity contribution in [3.63, 3.8) is 0 Å². The molecule has 28 heavy (non-hydrogen) atoms. The van der Waals surface area contributed by atoms with E-state index < -0.39 is 35.1 Å². The van der Waals surface area contributed by atoms with Gasteiger partial charge in [0, 0.05) is 25.2 Å². The van der Waals surface area contributed by atoms with Crippen molar-refractivity contribution in [3.05, 3.63) is 47.0 Å². The van der Waals surface area contributed by atoms with Crippen LogP contribution in [-0.2, 0) is 24.8 Å². The fourth-order valence-corrected chi connectivity index (χ4v) is 4.51. The highest BCUT2D eigenvalue weighted by Crippen LogP contribution is 2.32. The summed E-state index contributed by atoms with van der Waals surface area (Å²) in [6.45, 7) is 0.757. The number of anilines is 1. The van der Waals surface area contributed by atoms with E-state index in [0.29, 0.717) is 5.56 Å². The first-order valence-corrected chi connectivity index (χ1v) is 9.51. The first-order valence-electron chi connectivity index (χ1n) is 8.36. The van der Waals surface area contributed by atoms with Crippen LogP contribution in [0.1, 0.15) is 35.0 Å². The maximum Gasteiger partial charge on any atom is 0.272 e. The Balaban J connectivity index is 1.91. The second-order valence-corrected chi connectivity index (χ2v) is 7.84. The Morgan fingerprint density at radius 3 is 2.86 bits per heavy atom. The molecule has 2 heterocycles. The second-order valence-electron chi connectivity index (χ2n) is 6.63. The molecule has 3 rings (SSSR count). The van der Waals surface area contributed by atoms with Crippen molar-refractivity contribution in [2.24, 2.45) is 7.05 Å². The van der Waals surface area contributed by atoms with Gasteiger partial charge in [0.05, 0.1) is 23.1 Å². The number of benzene rings is 1. The first-order chi connectivity index (χ1) is 13.1. The summed E-state index contributed by atoms with van der Waals surface area (Å²) < 4.78 is 57.2. The number of nitrogens with one attached hydrogen (secondary N) is 2. The second kappa shape index (κ2) is 7.50. The monoisotopic (exact) mass is 410 g/mol. The highest BCUT2D eigenvalue weighted by Gasteiger charge is 2.42. The number of aryl methyl sites for hydroxylation is 1.